The lowest BCUT2D eigenvalue weighted by Crippen LogP contribution is -2.30. The Labute approximate surface area is 169 Å². The molecular weight excluding hydrogens is 405 g/mol. The van der Waals surface area contributed by atoms with Crippen LogP contribution in [0.25, 0.3) is 11.1 Å². The highest BCUT2D eigenvalue weighted by molar-refractivity contribution is 6.33. The van der Waals surface area contributed by atoms with Crippen molar-refractivity contribution >= 4 is 35.4 Å². The third-order valence-corrected chi connectivity index (χ3v) is 4.64. The number of ether oxygens (including phenoxy) is 1. The zero-order valence-corrected chi connectivity index (χ0v) is 15.8. The van der Waals surface area contributed by atoms with Crippen LogP contribution in [-0.4, -0.2) is 28.5 Å². The molecule has 0 fully saturated rings. The summed E-state index contributed by atoms with van der Waals surface area (Å²) in [6, 6.07) is 6.59. The minimum Gasteiger partial charge on any atom is -0.491 e. The summed E-state index contributed by atoms with van der Waals surface area (Å²) in [4.78, 5) is 28.3. The van der Waals surface area contributed by atoms with Gasteiger partial charge < -0.3 is 9.84 Å². The van der Waals surface area contributed by atoms with Gasteiger partial charge in [-0.25, -0.2) is 4.79 Å². The van der Waals surface area contributed by atoms with Crippen LogP contribution in [0.1, 0.15) is 18.0 Å². The Kier molecular flexibility index (Phi) is 5.83. The van der Waals surface area contributed by atoms with E-state index in [1.165, 1.54) is 36.8 Å². The number of benzene rings is 1. The van der Waals surface area contributed by atoms with E-state index in [1.807, 2.05) is 6.07 Å². The van der Waals surface area contributed by atoms with Gasteiger partial charge in [-0.15, -0.1) is 0 Å². The standard InChI is InChI=1S/C19H13Cl2N3O4/c20-12-2-1-11(8-22)14(5-12)15-7-18(25)24(10-16(15)21)17(19(26)27)6-13-9-23-3-4-28-13/h1-3,5,7,9-10,17H,4,6H2,(H,26,27). The second kappa shape index (κ2) is 8.30. The maximum absolute atomic E-state index is 12.7. The van der Waals surface area contributed by atoms with Crippen molar-refractivity contribution in [1.29, 1.82) is 5.26 Å². The molecule has 1 N–H and O–H groups in total. The maximum Gasteiger partial charge on any atom is 0.327 e. The highest BCUT2D eigenvalue weighted by atomic mass is 35.5. The van der Waals surface area contributed by atoms with E-state index in [4.69, 9.17) is 27.9 Å². The Hall–Kier alpha value is -3.08. The van der Waals surface area contributed by atoms with Crippen LogP contribution in [0.3, 0.4) is 0 Å². The fourth-order valence-corrected chi connectivity index (χ4v) is 3.21. The van der Waals surface area contributed by atoms with Crippen LogP contribution in [0.15, 0.2) is 52.2 Å². The van der Waals surface area contributed by atoms with Crippen LogP contribution in [0.2, 0.25) is 10.0 Å². The van der Waals surface area contributed by atoms with Crippen molar-refractivity contribution in [2.75, 3.05) is 6.61 Å². The van der Waals surface area contributed by atoms with Crippen molar-refractivity contribution in [2.45, 2.75) is 12.5 Å². The predicted octanol–water partition coefficient (Wildman–Crippen LogP) is 3.65. The summed E-state index contributed by atoms with van der Waals surface area (Å²) in [6.45, 7) is 0.235. The zero-order valence-electron chi connectivity index (χ0n) is 14.3. The van der Waals surface area contributed by atoms with E-state index in [2.05, 4.69) is 4.99 Å². The van der Waals surface area contributed by atoms with Crippen LogP contribution >= 0.6 is 23.2 Å². The number of carboxylic acid groups (broad SMARTS) is 1. The molecule has 0 saturated heterocycles. The summed E-state index contributed by atoms with van der Waals surface area (Å²) in [5.41, 5.74) is 0.389. The molecule has 2 heterocycles. The van der Waals surface area contributed by atoms with E-state index in [1.54, 1.807) is 6.07 Å². The molecule has 1 aromatic carbocycles. The van der Waals surface area contributed by atoms with Crippen LogP contribution < -0.4 is 5.56 Å². The fraction of sp³-hybridized carbons (Fsp3) is 0.158. The van der Waals surface area contributed by atoms with Crippen LogP contribution in [0, 0.1) is 11.3 Å². The van der Waals surface area contributed by atoms with E-state index in [0.717, 1.165) is 4.57 Å². The van der Waals surface area contributed by atoms with Gasteiger partial charge in [0.25, 0.3) is 5.56 Å². The van der Waals surface area contributed by atoms with Gasteiger partial charge in [0.1, 0.15) is 18.4 Å². The molecule has 2 aromatic rings. The van der Waals surface area contributed by atoms with Crippen molar-refractivity contribution in [2.24, 2.45) is 4.99 Å². The maximum atomic E-state index is 12.7. The highest BCUT2D eigenvalue weighted by Crippen LogP contribution is 2.32. The Morgan fingerprint density at radius 1 is 1.36 bits per heavy atom. The van der Waals surface area contributed by atoms with Crippen molar-refractivity contribution in [3.05, 3.63) is 68.4 Å². The Morgan fingerprint density at radius 2 is 2.14 bits per heavy atom. The van der Waals surface area contributed by atoms with Gasteiger partial charge >= 0.3 is 5.97 Å². The molecule has 1 aliphatic heterocycles. The van der Waals surface area contributed by atoms with Gasteiger partial charge in [-0.3, -0.25) is 14.4 Å². The van der Waals surface area contributed by atoms with Gasteiger partial charge in [-0.05, 0) is 18.2 Å². The fourth-order valence-electron chi connectivity index (χ4n) is 2.78. The average molecular weight is 418 g/mol. The van der Waals surface area contributed by atoms with Crippen LogP contribution in [-0.2, 0) is 9.53 Å². The molecule has 3 rings (SSSR count). The molecule has 1 aliphatic rings. The number of carboxylic acids is 1. The van der Waals surface area contributed by atoms with Gasteiger partial charge in [-0.2, -0.15) is 5.26 Å². The number of hydrogen-bond donors (Lipinski definition) is 1. The molecule has 142 valence electrons. The molecule has 0 saturated carbocycles. The summed E-state index contributed by atoms with van der Waals surface area (Å²) in [5.74, 6) is -0.867. The second-order valence-corrected chi connectivity index (χ2v) is 6.72. The third-order valence-electron chi connectivity index (χ3n) is 4.11. The van der Waals surface area contributed by atoms with Gasteiger partial charge in [0.2, 0.25) is 0 Å². The molecule has 0 amide bonds. The molecule has 1 atom stereocenters. The number of aliphatic carboxylic acids is 1. The van der Waals surface area contributed by atoms with Crippen molar-refractivity contribution in [3.8, 4) is 17.2 Å². The van der Waals surface area contributed by atoms with E-state index < -0.39 is 17.6 Å². The Balaban J connectivity index is 2.06. The molecule has 28 heavy (non-hydrogen) atoms. The monoisotopic (exact) mass is 417 g/mol. The van der Waals surface area contributed by atoms with E-state index in [9.17, 15) is 20.0 Å². The van der Waals surface area contributed by atoms with Crippen molar-refractivity contribution < 1.29 is 14.6 Å². The molecule has 1 unspecified atom stereocenters. The Bertz CT molecular complexity index is 1100. The number of carbonyl (C=O) groups is 1. The molecule has 9 heteroatoms. The second-order valence-electron chi connectivity index (χ2n) is 5.88. The molecule has 7 nitrogen and oxygen atoms in total. The lowest BCUT2D eigenvalue weighted by Gasteiger charge is -2.19. The number of rotatable bonds is 5. The lowest BCUT2D eigenvalue weighted by atomic mass is 10.0. The number of nitriles is 1. The van der Waals surface area contributed by atoms with Gasteiger partial charge in [0, 0.05) is 41.0 Å². The van der Waals surface area contributed by atoms with Gasteiger partial charge in [0.05, 0.1) is 22.9 Å². The van der Waals surface area contributed by atoms with Crippen LogP contribution in [0.5, 0.6) is 0 Å². The third kappa shape index (κ3) is 4.09. The number of aromatic nitrogens is 1. The minimum absolute atomic E-state index is 0.0666. The smallest absolute Gasteiger partial charge is 0.327 e. The summed E-state index contributed by atoms with van der Waals surface area (Å²) in [6.07, 6.45) is 4.12. The number of nitrogens with zero attached hydrogens (tertiary/aromatic N) is 3. The summed E-state index contributed by atoms with van der Waals surface area (Å²) >= 11 is 12.3. The molecule has 0 aliphatic carbocycles. The summed E-state index contributed by atoms with van der Waals surface area (Å²) in [5, 5.41) is 19.4. The quantitative estimate of drug-likeness (QED) is 0.798. The largest absolute Gasteiger partial charge is 0.491 e. The molecular formula is C19H13Cl2N3O4. The lowest BCUT2D eigenvalue weighted by molar-refractivity contribution is -0.141. The summed E-state index contributed by atoms with van der Waals surface area (Å²) < 4.78 is 6.36. The molecule has 0 radical (unpaired) electrons. The molecule has 0 spiro atoms. The van der Waals surface area contributed by atoms with E-state index in [0.29, 0.717) is 21.9 Å². The SMILES string of the molecule is N#Cc1ccc(Cl)cc1-c1cc(=O)n(C(CC2=CN=CCO2)C(=O)O)cc1Cl. The Morgan fingerprint density at radius 3 is 2.79 bits per heavy atom. The van der Waals surface area contributed by atoms with Crippen molar-refractivity contribution in [3.63, 3.8) is 0 Å². The number of aliphatic imine (C=N–C) groups is 1. The first-order valence-corrected chi connectivity index (χ1v) is 8.84. The normalized spacial score (nSPS) is 14.0. The number of halogens is 2. The van der Waals surface area contributed by atoms with Crippen LogP contribution in [0.4, 0.5) is 0 Å². The van der Waals surface area contributed by atoms with E-state index in [-0.39, 0.29) is 23.6 Å². The van der Waals surface area contributed by atoms with Gasteiger partial charge in [0.15, 0.2) is 0 Å². The first-order chi connectivity index (χ1) is 13.4. The molecule has 0 bridgehead atoms. The average Bonchev–Trinajstić information content (AvgIpc) is 2.68. The number of pyridine rings is 1. The molecule has 1 aromatic heterocycles. The van der Waals surface area contributed by atoms with Gasteiger partial charge in [-0.1, -0.05) is 23.2 Å². The first kappa shape index (κ1) is 19.7. The number of allylic oxidation sites excluding steroid dienone is 1. The predicted molar refractivity (Wildman–Crippen MR) is 105 cm³/mol. The topological polar surface area (TPSA) is 105 Å². The van der Waals surface area contributed by atoms with Crippen molar-refractivity contribution in [1.82, 2.24) is 4.57 Å². The highest BCUT2D eigenvalue weighted by Gasteiger charge is 2.25. The summed E-state index contributed by atoms with van der Waals surface area (Å²) in [7, 11) is 0. The first-order valence-electron chi connectivity index (χ1n) is 8.08. The van der Waals surface area contributed by atoms with E-state index >= 15 is 0 Å². The minimum atomic E-state index is -1.23. The number of hydrogen-bond acceptors (Lipinski definition) is 5. The zero-order chi connectivity index (χ0) is 20.3.